The largest absolute Gasteiger partial charge is 0.495 e. The quantitative estimate of drug-likeness (QED) is 0.582. The molecule has 0 radical (unpaired) electrons. The minimum absolute atomic E-state index is 0.0132. The summed E-state index contributed by atoms with van der Waals surface area (Å²) < 4.78 is 5.26. The van der Waals surface area contributed by atoms with Crippen LogP contribution < -0.4 is 10.1 Å². The highest BCUT2D eigenvalue weighted by Crippen LogP contribution is 2.31. The molecule has 0 aromatic heterocycles. The van der Waals surface area contributed by atoms with Crippen LogP contribution in [0.25, 0.3) is 0 Å². The van der Waals surface area contributed by atoms with Gasteiger partial charge in [-0.1, -0.05) is 12.1 Å². The molecule has 152 valence electrons. The zero-order chi connectivity index (χ0) is 21.0. The van der Waals surface area contributed by atoms with Crippen molar-refractivity contribution in [2.75, 3.05) is 25.5 Å². The molecule has 0 unspecified atom stereocenters. The number of para-hydroxylation sites is 1. The maximum atomic E-state index is 12.7. The number of nitrogens with zero attached hydrogens (tertiary/aromatic N) is 3. The van der Waals surface area contributed by atoms with E-state index >= 15 is 0 Å². The standard InChI is InChI=1S/C19H20N4O6/c1-29-18-7-6-14(22(25)26)12-16(18)20-13-8-10-21(11-9-13)19(24)15-4-2-3-5-17(15)23(27)28/h2-7,12-13,20H,8-11H2,1H3. The van der Waals surface area contributed by atoms with E-state index in [1.54, 1.807) is 11.0 Å². The zero-order valence-corrected chi connectivity index (χ0v) is 15.7. The third-order valence-electron chi connectivity index (χ3n) is 4.87. The Morgan fingerprint density at radius 3 is 2.41 bits per heavy atom. The Hall–Kier alpha value is -3.69. The van der Waals surface area contributed by atoms with Crippen molar-refractivity contribution in [3.8, 4) is 5.75 Å². The van der Waals surface area contributed by atoms with Gasteiger partial charge in [0.2, 0.25) is 0 Å². The van der Waals surface area contributed by atoms with Crippen LogP contribution in [0.1, 0.15) is 23.2 Å². The summed E-state index contributed by atoms with van der Waals surface area (Å²) in [4.78, 5) is 35.5. The van der Waals surface area contributed by atoms with Crippen molar-refractivity contribution in [2.45, 2.75) is 18.9 Å². The van der Waals surface area contributed by atoms with Crippen molar-refractivity contribution in [1.29, 1.82) is 0 Å². The second-order valence-corrected chi connectivity index (χ2v) is 6.63. The molecule has 0 atom stereocenters. The molecule has 0 aliphatic carbocycles. The molecule has 1 aliphatic heterocycles. The van der Waals surface area contributed by atoms with E-state index in [1.165, 1.54) is 43.5 Å². The van der Waals surface area contributed by atoms with Crippen LogP contribution in [-0.2, 0) is 0 Å². The molecule has 1 amide bonds. The van der Waals surface area contributed by atoms with Gasteiger partial charge in [-0.15, -0.1) is 0 Å². The third kappa shape index (κ3) is 4.42. The second kappa shape index (κ2) is 8.55. The summed E-state index contributed by atoms with van der Waals surface area (Å²) in [6, 6.07) is 10.2. The number of hydrogen-bond donors (Lipinski definition) is 1. The summed E-state index contributed by atoms with van der Waals surface area (Å²) >= 11 is 0. The van der Waals surface area contributed by atoms with Gasteiger partial charge in [0.15, 0.2) is 0 Å². The molecule has 2 aromatic rings. The minimum atomic E-state index is -0.559. The number of carbonyl (C=O) groups excluding carboxylic acids is 1. The summed E-state index contributed by atoms with van der Waals surface area (Å²) in [5, 5.41) is 25.4. The Bertz CT molecular complexity index is 940. The van der Waals surface area contributed by atoms with Crippen LogP contribution in [-0.4, -0.2) is 46.9 Å². The van der Waals surface area contributed by atoms with Gasteiger partial charge in [-0.3, -0.25) is 25.0 Å². The Morgan fingerprint density at radius 1 is 1.10 bits per heavy atom. The van der Waals surface area contributed by atoms with E-state index in [2.05, 4.69) is 5.32 Å². The van der Waals surface area contributed by atoms with Crippen LogP contribution in [0, 0.1) is 20.2 Å². The van der Waals surface area contributed by atoms with Gasteiger partial charge in [-0.05, 0) is 25.0 Å². The third-order valence-corrected chi connectivity index (χ3v) is 4.87. The highest BCUT2D eigenvalue weighted by Gasteiger charge is 2.28. The zero-order valence-electron chi connectivity index (χ0n) is 15.7. The summed E-state index contributed by atoms with van der Waals surface area (Å²) in [6.45, 7) is 0.833. The molecule has 1 aliphatic rings. The lowest BCUT2D eigenvalue weighted by Gasteiger charge is -2.33. The average Bonchev–Trinajstić information content (AvgIpc) is 2.73. The maximum Gasteiger partial charge on any atom is 0.282 e. The molecule has 29 heavy (non-hydrogen) atoms. The Labute approximate surface area is 166 Å². The summed E-state index contributed by atoms with van der Waals surface area (Å²) in [5.41, 5.74) is 0.339. The van der Waals surface area contributed by atoms with Gasteiger partial charge in [-0.25, -0.2) is 0 Å². The van der Waals surface area contributed by atoms with Gasteiger partial charge >= 0.3 is 0 Å². The number of hydrogen-bond acceptors (Lipinski definition) is 7. The van der Waals surface area contributed by atoms with Crippen molar-refractivity contribution in [2.24, 2.45) is 0 Å². The monoisotopic (exact) mass is 400 g/mol. The van der Waals surface area contributed by atoms with Crippen LogP contribution in [0.15, 0.2) is 42.5 Å². The number of carbonyl (C=O) groups is 1. The van der Waals surface area contributed by atoms with Crippen molar-refractivity contribution in [1.82, 2.24) is 4.90 Å². The lowest BCUT2D eigenvalue weighted by atomic mass is 10.0. The number of piperidine rings is 1. The second-order valence-electron chi connectivity index (χ2n) is 6.63. The normalized spacial score (nSPS) is 14.3. The number of ether oxygens (including phenoxy) is 1. The molecular weight excluding hydrogens is 380 g/mol. The first-order chi connectivity index (χ1) is 13.9. The molecular formula is C19H20N4O6. The van der Waals surface area contributed by atoms with E-state index in [0.29, 0.717) is 37.4 Å². The number of nitrogens with one attached hydrogen (secondary N) is 1. The van der Waals surface area contributed by atoms with Gasteiger partial charge < -0.3 is 15.0 Å². The Kier molecular flexibility index (Phi) is 5.91. The van der Waals surface area contributed by atoms with E-state index in [0.717, 1.165) is 0 Å². The molecule has 3 rings (SSSR count). The predicted molar refractivity (Wildman–Crippen MR) is 105 cm³/mol. The van der Waals surface area contributed by atoms with Crippen molar-refractivity contribution in [3.63, 3.8) is 0 Å². The van der Waals surface area contributed by atoms with E-state index in [4.69, 9.17) is 4.74 Å². The summed E-state index contributed by atoms with van der Waals surface area (Å²) in [6.07, 6.45) is 1.19. The lowest BCUT2D eigenvalue weighted by Crippen LogP contribution is -2.42. The molecule has 0 saturated carbocycles. The van der Waals surface area contributed by atoms with E-state index in [1.807, 2.05) is 0 Å². The fraction of sp³-hybridized carbons (Fsp3) is 0.316. The average molecular weight is 400 g/mol. The number of anilines is 1. The molecule has 1 fully saturated rings. The highest BCUT2D eigenvalue weighted by atomic mass is 16.6. The van der Waals surface area contributed by atoms with Crippen LogP contribution in [0.5, 0.6) is 5.75 Å². The minimum Gasteiger partial charge on any atom is -0.495 e. The maximum absolute atomic E-state index is 12.7. The van der Waals surface area contributed by atoms with Crippen molar-refractivity contribution in [3.05, 3.63) is 68.3 Å². The van der Waals surface area contributed by atoms with E-state index in [-0.39, 0.29) is 28.9 Å². The Balaban J connectivity index is 1.67. The van der Waals surface area contributed by atoms with Crippen LogP contribution >= 0.6 is 0 Å². The molecule has 10 heteroatoms. The number of methoxy groups -OCH3 is 1. The highest BCUT2D eigenvalue weighted by molar-refractivity contribution is 5.98. The first kappa shape index (κ1) is 20.1. The van der Waals surface area contributed by atoms with Crippen LogP contribution in [0.4, 0.5) is 17.1 Å². The van der Waals surface area contributed by atoms with E-state index in [9.17, 15) is 25.0 Å². The number of likely N-dealkylation sites (tertiary alicyclic amines) is 1. The van der Waals surface area contributed by atoms with Gasteiger partial charge in [-0.2, -0.15) is 0 Å². The fourth-order valence-corrected chi connectivity index (χ4v) is 3.35. The van der Waals surface area contributed by atoms with Crippen LogP contribution in [0.3, 0.4) is 0 Å². The molecule has 0 bridgehead atoms. The number of benzene rings is 2. The smallest absolute Gasteiger partial charge is 0.282 e. The fourth-order valence-electron chi connectivity index (χ4n) is 3.35. The summed E-state index contributed by atoms with van der Waals surface area (Å²) in [5.74, 6) is 0.123. The predicted octanol–water partition coefficient (Wildman–Crippen LogP) is 3.23. The lowest BCUT2D eigenvalue weighted by molar-refractivity contribution is -0.385. The molecule has 2 aromatic carbocycles. The SMILES string of the molecule is COc1ccc([N+](=O)[O-])cc1NC1CCN(C(=O)c2ccccc2[N+](=O)[O-])CC1. The Morgan fingerprint density at radius 2 is 1.79 bits per heavy atom. The number of nitro benzene ring substituents is 2. The van der Waals surface area contributed by atoms with Gasteiger partial charge in [0.05, 0.1) is 22.6 Å². The van der Waals surface area contributed by atoms with Crippen LogP contribution in [0.2, 0.25) is 0 Å². The van der Waals surface area contributed by atoms with Gasteiger partial charge in [0.25, 0.3) is 17.3 Å². The number of amides is 1. The molecule has 10 nitrogen and oxygen atoms in total. The molecule has 0 spiro atoms. The molecule has 1 saturated heterocycles. The van der Waals surface area contributed by atoms with Gasteiger partial charge in [0, 0.05) is 37.3 Å². The van der Waals surface area contributed by atoms with Crippen molar-refractivity contribution < 1.29 is 19.4 Å². The number of nitro groups is 2. The van der Waals surface area contributed by atoms with E-state index < -0.39 is 9.85 Å². The molecule has 1 heterocycles. The number of rotatable bonds is 6. The van der Waals surface area contributed by atoms with Crippen molar-refractivity contribution >= 4 is 23.0 Å². The topological polar surface area (TPSA) is 128 Å². The first-order valence-electron chi connectivity index (χ1n) is 9.02. The first-order valence-corrected chi connectivity index (χ1v) is 9.02. The molecule has 1 N–H and O–H groups in total. The number of non-ortho nitro benzene ring substituents is 1. The summed E-state index contributed by atoms with van der Waals surface area (Å²) in [7, 11) is 1.49. The van der Waals surface area contributed by atoms with Gasteiger partial charge in [0.1, 0.15) is 11.3 Å².